The Morgan fingerprint density at radius 1 is 0.500 bits per heavy atom. The SMILES string of the molecule is CC(C)(C)C(O[SiH](c1ccccc1)c1ccccc1)c1ccc(C[P+](c2ccccc2)(c2ccccc2)c2ccccc2)cc1.[Br-]. The molecule has 1 atom stereocenters. The van der Waals surface area contributed by atoms with Crippen molar-refractivity contribution in [3.05, 3.63) is 187 Å². The Morgan fingerprint density at radius 2 is 0.848 bits per heavy atom. The van der Waals surface area contributed by atoms with Crippen LogP contribution in [0.1, 0.15) is 38.0 Å². The lowest BCUT2D eigenvalue weighted by molar-refractivity contribution is -0.00000949. The van der Waals surface area contributed by atoms with Crippen molar-refractivity contribution in [3.8, 4) is 0 Å². The van der Waals surface area contributed by atoms with Crippen LogP contribution in [0, 0.1) is 5.41 Å². The van der Waals surface area contributed by atoms with Crippen LogP contribution in [0.25, 0.3) is 0 Å². The first kappa shape index (κ1) is 33.8. The van der Waals surface area contributed by atoms with Crippen molar-refractivity contribution in [1.29, 1.82) is 0 Å². The van der Waals surface area contributed by atoms with Crippen molar-refractivity contribution >= 4 is 42.6 Å². The topological polar surface area (TPSA) is 9.23 Å². The van der Waals surface area contributed by atoms with Crippen LogP contribution < -0.4 is 43.3 Å². The molecule has 4 heteroatoms. The normalized spacial score (nSPS) is 12.3. The van der Waals surface area contributed by atoms with Gasteiger partial charge in [-0.2, -0.15) is 0 Å². The lowest BCUT2D eigenvalue weighted by Crippen LogP contribution is -3.00. The van der Waals surface area contributed by atoms with Crippen molar-refractivity contribution in [2.45, 2.75) is 33.0 Å². The Bertz CT molecular complexity index is 1620. The van der Waals surface area contributed by atoms with Gasteiger partial charge >= 0.3 is 0 Å². The average molecular weight is 702 g/mol. The van der Waals surface area contributed by atoms with E-state index >= 15 is 0 Å². The molecule has 0 aliphatic heterocycles. The summed E-state index contributed by atoms with van der Waals surface area (Å²) in [5, 5.41) is 6.82. The van der Waals surface area contributed by atoms with Gasteiger partial charge in [0, 0.05) is 0 Å². The summed E-state index contributed by atoms with van der Waals surface area (Å²) in [6.07, 6.45) is 0.915. The molecule has 232 valence electrons. The summed E-state index contributed by atoms with van der Waals surface area (Å²) in [4.78, 5) is 0. The second-order valence-electron chi connectivity index (χ2n) is 12.8. The van der Waals surface area contributed by atoms with E-state index in [1.54, 1.807) is 0 Å². The van der Waals surface area contributed by atoms with Gasteiger partial charge in [-0.1, -0.05) is 160 Å². The maximum atomic E-state index is 7.27. The Labute approximate surface area is 288 Å². The van der Waals surface area contributed by atoms with E-state index < -0.39 is 16.3 Å². The molecule has 0 saturated heterocycles. The molecule has 0 aromatic heterocycles. The highest BCUT2D eigenvalue weighted by Crippen LogP contribution is 2.58. The Balaban J connectivity index is 0.00000417. The summed E-state index contributed by atoms with van der Waals surface area (Å²) < 4.78 is 7.27. The van der Waals surface area contributed by atoms with Crippen molar-refractivity contribution < 1.29 is 21.4 Å². The fourth-order valence-electron chi connectivity index (χ4n) is 6.36. The summed E-state index contributed by atoms with van der Waals surface area (Å²) in [6, 6.07) is 64.4. The highest BCUT2D eigenvalue weighted by molar-refractivity contribution is 7.95. The summed E-state index contributed by atoms with van der Waals surface area (Å²) in [6.45, 7) is 6.89. The number of hydrogen-bond acceptors (Lipinski definition) is 1. The van der Waals surface area contributed by atoms with E-state index in [0.717, 1.165) is 6.16 Å². The van der Waals surface area contributed by atoms with E-state index in [2.05, 4.69) is 197 Å². The predicted octanol–water partition coefficient (Wildman–Crippen LogP) is 4.83. The van der Waals surface area contributed by atoms with Gasteiger partial charge in [-0.3, -0.25) is 0 Å². The van der Waals surface area contributed by atoms with Crippen LogP contribution >= 0.6 is 7.26 Å². The Kier molecular flexibility index (Phi) is 11.3. The van der Waals surface area contributed by atoms with Crippen molar-refractivity contribution in [2.24, 2.45) is 5.41 Å². The first-order valence-corrected chi connectivity index (χ1v) is 19.4. The molecule has 0 radical (unpaired) electrons. The summed E-state index contributed by atoms with van der Waals surface area (Å²) in [7, 11) is -3.92. The third-order valence-corrected chi connectivity index (χ3v) is 15.5. The number of rotatable bonds is 10. The molecule has 6 rings (SSSR count). The molecule has 1 unspecified atom stereocenters. The Morgan fingerprint density at radius 3 is 1.20 bits per heavy atom. The lowest BCUT2D eigenvalue weighted by atomic mass is 9.85. The van der Waals surface area contributed by atoms with Gasteiger partial charge < -0.3 is 21.4 Å². The molecule has 0 heterocycles. The molecule has 0 amide bonds. The second kappa shape index (κ2) is 15.3. The van der Waals surface area contributed by atoms with Gasteiger partial charge in [0.1, 0.15) is 23.2 Å². The average Bonchev–Trinajstić information content (AvgIpc) is 3.09. The van der Waals surface area contributed by atoms with E-state index in [4.69, 9.17) is 4.43 Å². The van der Waals surface area contributed by atoms with E-state index in [0.29, 0.717) is 0 Å². The fraction of sp³-hybridized carbons (Fsp3) is 0.143. The highest BCUT2D eigenvalue weighted by atomic mass is 79.9. The maximum Gasteiger partial charge on any atom is 0.240 e. The minimum atomic E-state index is -1.97. The molecule has 1 nitrogen and oxygen atoms in total. The van der Waals surface area contributed by atoms with Gasteiger partial charge in [0.2, 0.25) is 9.04 Å². The third-order valence-electron chi connectivity index (χ3n) is 8.56. The largest absolute Gasteiger partial charge is 1.00 e. The van der Waals surface area contributed by atoms with E-state index in [9.17, 15) is 0 Å². The summed E-state index contributed by atoms with van der Waals surface area (Å²) in [5.41, 5.74) is 2.50. The summed E-state index contributed by atoms with van der Waals surface area (Å²) in [5.74, 6) is 0. The van der Waals surface area contributed by atoms with Gasteiger partial charge in [-0.25, -0.2) is 0 Å². The van der Waals surface area contributed by atoms with Crippen LogP contribution in [0.15, 0.2) is 176 Å². The first-order chi connectivity index (χ1) is 21.9. The molecule has 0 spiro atoms. The zero-order valence-corrected chi connectivity index (χ0v) is 30.5. The smallest absolute Gasteiger partial charge is 0.240 e. The van der Waals surface area contributed by atoms with Gasteiger partial charge in [0.15, 0.2) is 0 Å². The van der Waals surface area contributed by atoms with Crippen molar-refractivity contribution in [3.63, 3.8) is 0 Å². The maximum absolute atomic E-state index is 7.27. The standard InChI is InChI=1S/C42H42OPSi.BrH/c1-42(2,3)41(43-45(39-25-15-7-16-26-39)40-27-17-8-18-28-40)35-31-29-34(30-32-35)33-44(36-19-9-4-10-20-36,37-21-11-5-12-22-37)38-23-13-6-14-24-38;/h4-32,41,45H,33H2,1-3H3;1H/q+1;/p-1. The van der Waals surface area contributed by atoms with Crippen LogP contribution in [0.3, 0.4) is 0 Å². The number of halogens is 1. The predicted molar refractivity (Wildman–Crippen MR) is 198 cm³/mol. The molecule has 46 heavy (non-hydrogen) atoms. The highest BCUT2D eigenvalue weighted by Gasteiger charge is 2.45. The zero-order valence-electron chi connectivity index (χ0n) is 26.8. The molecule has 6 aromatic rings. The van der Waals surface area contributed by atoms with Gasteiger partial charge in [0.25, 0.3) is 0 Å². The molecule has 0 fully saturated rings. The van der Waals surface area contributed by atoms with E-state index in [-0.39, 0.29) is 28.5 Å². The molecule has 0 aliphatic rings. The molecular weight excluding hydrogens is 659 g/mol. The lowest BCUT2D eigenvalue weighted by Gasteiger charge is -2.35. The molecule has 0 bridgehead atoms. The second-order valence-corrected chi connectivity index (χ2v) is 18.7. The fourth-order valence-corrected chi connectivity index (χ4v) is 13.3. The van der Waals surface area contributed by atoms with Crippen LogP contribution in [-0.4, -0.2) is 9.04 Å². The molecule has 0 N–H and O–H groups in total. The number of hydrogen-bond donors (Lipinski definition) is 0. The van der Waals surface area contributed by atoms with Gasteiger partial charge in [0.05, 0.1) is 12.3 Å². The number of benzene rings is 6. The van der Waals surface area contributed by atoms with Crippen LogP contribution in [-0.2, 0) is 10.6 Å². The third kappa shape index (κ3) is 7.51. The molecule has 6 aromatic carbocycles. The van der Waals surface area contributed by atoms with Crippen LogP contribution in [0.4, 0.5) is 0 Å². The van der Waals surface area contributed by atoms with Crippen molar-refractivity contribution in [2.75, 3.05) is 0 Å². The van der Waals surface area contributed by atoms with E-state index in [1.807, 2.05) is 0 Å². The Hall–Kier alpha value is -3.59. The van der Waals surface area contributed by atoms with Crippen molar-refractivity contribution in [1.82, 2.24) is 0 Å². The van der Waals surface area contributed by atoms with E-state index in [1.165, 1.54) is 37.4 Å². The van der Waals surface area contributed by atoms with Crippen LogP contribution in [0.2, 0.25) is 0 Å². The minimum Gasteiger partial charge on any atom is -1.00 e. The monoisotopic (exact) mass is 700 g/mol. The van der Waals surface area contributed by atoms with Gasteiger partial charge in [-0.05, 0) is 63.3 Å². The quantitative estimate of drug-likeness (QED) is 0.147. The molecule has 0 aliphatic carbocycles. The first-order valence-electron chi connectivity index (χ1n) is 15.8. The minimum absolute atomic E-state index is 0. The molecular formula is C42H42BrOPSi. The zero-order chi connectivity index (χ0) is 31.1. The van der Waals surface area contributed by atoms with Gasteiger partial charge in [-0.15, -0.1) is 0 Å². The summed E-state index contributed by atoms with van der Waals surface area (Å²) >= 11 is 0. The van der Waals surface area contributed by atoms with Crippen LogP contribution in [0.5, 0.6) is 0 Å². The molecule has 0 saturated carbocycles.